The third kappa shape index (κ3) is 3.11. The number of aromatic carboxylic acids is 1. The Hall–Kier alpha value is -2.63. The molecule has 23 heavy (non-hydrogen) atoms. The minimum absolute atomic E-state index is 0.0473. The molecule has 120 valence electrons. The van der Waals surface area contributed by atoms with Crippen LogP contribution in [0.1, 0.15) is 57.8 Å². The van der Waals surface area contributed by atoms with Crippen molar-refractivity contribution in [1.82, 2.24) is 15.5 Å². The van der Waals surface area contributed by atoms with Crippen LogP contribution in [0.25, 0.3) is 0 Å². The van der Waals surface area contributed by atoms with Gasteiger partial charge in [-0.3, -0.25) is 9.89 Å². The average molecular weight is 313 g/mol. The molecular weight excluding hydrogens is 294 g/mol. The predicted molar refractivity (Wildman–Crippen MR) is 84.6 cm³/mol. The van der Waals surface area contributed by atoms with Gasteiger partial charge < -0.3 is 10.4 Å². The zero-order valence-corrected chi connectivity index (χ0v) is 12.9. The fraction of sp³-hybridized carbons (Fsp3) is 0.353. The molecule has 6 heteroatoms. The Morgan fingerprint density at radius 2 is 2.17 bits per heavy atom. The highest BCUT2D eigenvalue weighted by Gasteiger charge is 2.26. The van der Waals surface area contributed by atoms with Crippen molar-refractivity contribution in [2.24, 2.45) is 0 Å². The zero-order valence-electron chi connectivity index (χ0n) is 12.9. The van der Waals surface area contributed by atoms with Gasteiger partial charge in [0.15, 0.2) is 5.69 Å². The van der Waals surface area contributed by atoms with Gasteiger partial charge in [0, 0.05) is 18.0 Å². The number of rotatable bonds is 4. The van der Waals surface area contributed by atoms with Crippen LogP contribution in [0.3, 0.4) is 0 Å². The number of carboxylic acid groups (broad SMARTS) is 1. The lowest BCUT2D eigenvalue weighted by atomic mass is 9.79. The van der Waals surface area contributed by atoms with Crippen LogP contribution in [0, 0.1) is 0 Å². The third-order valence-corrected chi connectivity index (χ3v) is 4.42. The van der Waals surface area contributed by atoms with Gasteiger partial charge in [0.05, 0.1) is 0 Å². The van der Waals surface area contributed by atoms with E-state index in [1.54, 1.807) is 0 Å². The van der Waals surface area contributed by atoms with Crippen LogP contribution in [-0.4, -0.2) is 33.2 Å². The number of carbonyl (C=O) groups excluding carboxylic acids is 1. The van der Waals surface area contributed by atoms with E-state index in [-0.39, 0.29) is 29.3 Å². The smallest absolute Gasteiger partial charge is 0.353 e. The molecule has 1 aromatic carbocycles. The van der Waals surface area contributed by atoms with Crippen LogP contribution in [0.2, 0.25) is 0 Å². The number of nitrogens with one attached hydrogen (secondary N) is 2. The number of hydrogen-bond donors (Lipinski definition) is 3. The lowest BCUT2D eigenvalue weighted by Crippen LogP contribution is -2.38. The van der Waals surface area contributed by atoms with Gasteiger partial charge in [0.25, 0.3) is 5.91 Å². The minimum Gasteiger partial charge on any atom is -0.477 e. The third-order valence-electron chi connectivity index (χ3n) is 4.42. The summed E-state index contributed by atoms with van der Waals surface area (Å²) in [6.07, 6.45) is 3.21. The lowest BCUT2D eigenvalue weighted by Gasteiger charge is -2.30. The molecule has 1 aliphatic carbocycles. The number of benzene rings is 1. The lowest BCUT2D eigenvalue weighted by molar-refractivity contribution is 0.0690. The van der Waals surface area contributed by atoms with Crippen molar-refractivity contribution in [3.8, 4) is 0 Å². The van der Waals surface area contributed by atoms with Crippen molar-refractivity contribution >= 4 is 11.9 Å². The highest BCUT2D eigenvalue weighted by atomic mass is 16.4. The summed E-state index contributed by atoms with van der Waals surface area (Å²) in [7, 11) is 0. The van der Waals surface area contributed by atoms with Crippen molar-refractivity contribution in [3.05, 3.63) is 52.8 Å². The van der Waals surface area contributed by atoms with Gasteiger partial charge in [-0.1, -0.05) is 24.3 Å². The molecule has 2 atom stereocenters. The molecule has 0 bridgehead atoms. The molecule has 1 heterocycles. The second-order valence-electron chi connectivity index (χ2n) is 5.93. The summed E-state index contributed by atoms with van der Waals surface area (Å²) in [5.41, 5.74) is 2.64. The maximum Gasteiger partial charge on any atom is 0.353 e. The first-order valence-corrected chi connectivity index (χ1v) is 7.73. The van der Waals surface area contributed by atoms with Gasteiger partial charge in [-0.05, 0) is 37.3 Å². The quantitative estimate of drug-likeness (QED) is 0.807. The summed E-state index contributed by atoms with van der Waals surface area (Å²) in [6, 6.07) is 9.54. The molecule has 0 spiro atoms. The van der Waals surface area contributed by atoms with Crippen molar-refractivity contribution in [3.63, 3.8) is 0 Å². The fourth-order valence-corrected chi connectivity index (χ4v) is 3.24. The van der Waals surface area contributed by atoms with Crippen LogP contribution in [0.4, 0.5) is 0 Å². The molecular formula is C17H19N3O3. The molecule has 3 rings (SSSR count). The maximum absolute atomic E-state index is 12.3. The maximum atomic E-state index is 12.3. The topological polar surface area (TPSA) is 95.1 Å². The molecule has 0 fully saturated rings. The van der Waals surface area contributed by atoms with Crippen LogP contribution in [0.15, 0.2) is 30.3 Å². The first kappa shape index (κ1) is 15.3. The molecule has 0 saturated carbocycles. The van der Waals surface area contributed by atoms with E-state index in [4.69, 9.17) is 5.11 Å². The minimum atomic E-state index is -1.13. The summed E-state index contributed by atoms with van der Waals surface area (Å²) in [5, 5.41) is 17.9. The highest BCUT2D eigenvalue weighted by Crippen LogP contribution is 2.33. The molecule has 1 aliphatic rings. The first-order valence-electron chi connectivity index (χ1n) is 7.73. The van der Waals surface area contributed by atoms with E-state index in [0.29, 0.717) is 0 Å². The second-order valence-corrected chi connectivity index (χ2v) is 5.93. The van der Waals surface area contributed by atoms with E-state index in [0.717, 1.165) is 19.3 Å². The Kier molecular flexibility index (Phi) is 4.14. The van der Waals surface area contributed by atoms with Gasteiger partial charge >= 0.3 is 5.97 Å². The van der Waals surface area contributed by atoms with E-state index < -0.39 is 5.97 Å². The molecule has 6 nitrogen and oxygen atoms in total. The van der Waals surface area contributed by atoms with Crippen molar-refractivity contribution in [1.29, 1.82) is 0 Å². The molecule has 0 radical (unpaired) electrons. The van der Waals surface area contributed by atoms with Crippen molar-refractivity contribution in [2.75, 3.05) is 0 Å². The normalized spacial score (nSPS) is 18.0. The number of aryl methyl sites for hydroxylation is 1. The largest absolute Gasteiger partial charge is 0.477 e. The van der Waals surface area contributed by atoms with Crippen LogP contribution in [-0.2, 0) is 6.42 Å². The summed E-state index contributed by atoms with van der Waals surface area (Å²) in [4.78, 5) is 23.1. The summed E-state index contributed by atoms with van der Waals surface area (Å²) in [6.45, 7) is 1.98. The number of carbonyl (C=O) groups is 2. The summed E-state index contributed by atoms with van der Waals surface area (Å²) < 4.78 is 0. The van der Waals surface area contributed by atoms with E-state index in [2.05, 4.69) is 27.6 Å². The number of nitrogens with zero attached hydrogens (tertiary/aromatic N) is 1. The summed E-state index contributed by atoms with van der Waals surface area (Å²) in [5.74, 6) is -1.23. The Morgan fingerprint density at radius 3 is 2.91 bits per heavy atom. The van der Waals surface area contributed by atoms with Gasteiger partial charge in [-0.25, -0.2) is 4.79 Å². The van der Waals surface area contributed by atoms with Crippen LogP contribution in [0.5, 0.6) is 0 Å². The average Bonchev–Trinajstić information content (AvgIpc) is 3.04. The van der Waals surface area contributed by atoms with E-state index in [9.17, 15) is 9.59 Å². The molecule has 1 unspecified atom stereocenters. The van der Waals surface area contributed by atoms with Crippen molar-refractivity contribution in [2.45, 2.75) is 38.1 Å². The first-order chi connectivity index (χ1) is 11.1. The number of hydrogen-bond acceptors (Lipinski definition) is 3. The predicted octanol–water partition coefficient (Wildman–Crippen LogP) is 2.35. The molecule has 1 amide bonds. The second kappa shape index (κ2) is 6.24. The highest BCUT2D eigenvalue weighted by molar-refractivity contribution is 5.95. The van der Waals surface area contributed by atoms with Crippen LogP contribution < -0.4 is 5.32 Å². The Labute approximate surface area is 133 Å². The fourth-order valence-electron chi connectivity index (χ4n) is 3.24. The number of fused-ring (bicyclic) bond motifs is 1. The summed E-state index contributed by atoms with van der Waals surface area (Å²) >= 11 is 0. The molecule has 2 aromatic rings. The Bertz CT molecular complexity index is 738. The molecule has 3 N–H and O–H groups in total. The number of aromatic nitrogens is 2. The van der Waals surface area contributed by atoms with Gasteiger partial charge in [0.1, 0.15) is 5.69 Å². The van der Waals surface area contributed by atoms with E-state index in [1.807, 2.05) is 19.1 Å². The molecule has 1 aromatic heterocycles. The Morgan fingerprint density at radius 1 is 1.39 bits per heavy atom. The monoisotopic (exact) mass is 313 g/mol. The number of aromatic amines is 1. The van der Waals surface area contributed by atoms with Gasteiger partial charge in [0.2, 0.25) is 0 Å². The number of H-pyrrole nitrogens is 1. The number of amides is 1. The van der Waals surface area contributed by atoms with Crippen LogP contribution >= 0.6 is 0 Å². The van der Waals surface area contributed by atoms with Gasteiger partial charge in [-0.2, -0.15) is 5.10 Å². The van der Waals surface area contributed by atoms with Crippen molar-refractivity contribution < 1.29 is 14.7 Å². The zero-order chi connectivity index (χ0) is 16.4. The Balaban J connectivity index is 1.73. The van der Waals surface area contributed by atoms with E-state index in [1.165, 1.54) is 17.2 Å². The molecule has 0 aliphatic heterocycles. The standard InChI is InChI=1S/C17H19N3O3/c1-10(12-8-4-6-11-5-2-3-7-13(11)12)18-16(21)14-9-15(17(22)23)20-19-14/h2-3,5,7,9-10,12H,4,6,8H2,1H3,(H,18,21)(H,19,20)(H,22,23)/t10-,12?/m1/s1. The SMILES string of the molecule is C[C@@H](NC(=O)c1cc(C(=O)O)[nH]n1)C1CCCc2ccccc21. The number of carboxylic acids is 1. The van der Waals surface area contributed by atoms with Gasteiger partial charge in [-0.15, -0.1) is 0 Å². The van der Waals surface area contributed by atoms with E-state index >= 15 is 0 Å². The molecule has 0 saturated heterocycles.